The van der Waals surface area contributed by atoms with Crippen molar-refractivity contribution in [3.63, 3.8) is 0 Å². The number of benzene rings is 1. The Labute approximate surface area is 95.6 Å². The number of ether oxygens (including phenoxy) is 1. The first-order chi connectivity index (χ1) is 7.59. The highest BCUT2D eigenvalue weighted by Crippen LogP contribution is 2.43. The van der Waals surface area contributed by atoms with Gasteiger partial charge in [-0.3, -0.25) is 0 Å². The Morgan fingerprint density at radius 2 is 2.12 bits per heavy atom. The van der Waals surface area contributed by atoms with Gasteiger partial charge in [-0.15, -0.1) is 0 Å². The third-order valence-corrected chi connectivity index (χ3v) is 3.71. The first-order valence-corrected chi connectivity index (χ1v) is 5.66. The standard InChI is InChI=1S/C13H18FNO/c1-9-8-10(4-5-11(9)14)12(15)13(16-2)6-3-7-13/h4-5,8,12H,3,6-7,15H2,1-2H3. The average molecular weight is 223 g/mol. The van der Waals surface area contributed by atoms with E-state index in [1.54, 1.807) is 20.1 Å². The maximum Gasteiger partial charge on any atom is 0.126 e. The Morgan fingerprint density at radius 3 is 2.56 bits per heavy atom. The molecule has 2 nitrogen and oxygen atoms in total. The summed E-state index contributed by atoms with van der Waals surface area (Å²) in [5, 5.41) is 0. The Bertz CT molecular complexity index is 382. The summed E-state index contributed by atoms with van der Waals surface area (Å²) in [5.41, 5.74) is 7.58. The second-order valence-corrected chi connectivity index (χ2v) is 4.61. The molecule has 0 aliphatic heterocycles. The van der Waals surface area contributed by atoms with Crippen LogP contribution in [0.2, 0.25) is 0 Å². The molecule has 88 valence electrons. The van der Waals surface area contributed by atoms with Crippen LogP contribution in [0.1, 0.15) is 36.4 Å². The monoisotopic (exact) mass is 223 g/mol. The molecule has 2 N–H and O–H groups in total. The molecule has 0 radical (unpaired) electrons. The van der Waals surface area contributed by atoms with Crippen molar-refractivity contribution in [2.45, 2.75) is 37.8 Å². The molecule has 0 heterocycles. The lowest BCUT2D eigenvalue weighted by molar-refractivity contribution is -0.0911. The minimum Gasteiger partial charge on any atom is -0.376 e. The van der Waals surface area contributed by atoms with Crippen LogP contribution in [-0.4, -0.2) is 12.7 Å². The van der Waals surface area contributed by atoms with Gasteiger partial charge in [-0.05, 0) is 43.4 Å². The first-order valence-electron chi connectivity index (χ1n) is 5.66. The van der Waals surface area contributed by atoms with Gasteiger partial charge in [0.2, 0.25) is 0 Å². The summed E-state index contributed by atoms with van der Waals surface area (Å²) in [5.74, 6) is -0.184. The van der Waals surface area contributed by atoms with Gasteiger partial charge >= 0.3 is 0 Å². The predicted octanol–water partition coefficient (Wildman–Crippen LogP) is 2.70. The van der Waals surface area contributed by atoms with Gasteiger partial charge in [0.15, 0.2) is 0 Å². The van der Waals surface area contributed by atoms with E-state index in [0.717, 1.165) is 24.8 Å². The van der Waals surface area contributed by atoms with Crippen LogP contribution in [0.3, 0.4) is 0 Å². The zero-order chi connectivity index (χ0) is 11.8. The van der Waals surface area contributed by atoms with Crippen LogP contribution in [0.25, 0.3) is 0 Å². The van der Waals surface area contributed by atoms with Gasteiger partial charge in [-0.1, -0.05) is 12.1 Å². The smallest absolute Gasteiger partial charge is 0.126 e. The molecule has 1 aromatic carbocycles. The van der Waals surface area contributed by atoms with E-state index in [0.29, 0.717) is 5.56 Å². The number of halogens is 1. The molecule has 2 rings (SSSR count). The molecule has 1 aromatic rings. The minimum absolute atomic E-state index is 0.162. The molecule has 0 aromatic heterocycles. The van der Waals surface area contributed by atoms with Crippen LogP contribution < -0.4 is 5.73 Å². The fourth-order valence-electron chi connectivity index (χ4n) is 2.33. The quantitative estimate of drug-likeness (QED) is 0.855. The van der Waals surface area contributed by atoms with Crippen LogP contribution in [0.5, 0.6) is 0 Å². The molecule has 1 fully saturated rings. The van der Waals surface area contributed by atoms with E-state index in [1.165, 1.54) is 6.07 Å². The summed E-state index contributed by atoms with van der Waals surface area (Å²) in [7, 11) is 1.70. The van der Waals surface area contributed by atoms with Crippen LogP contribution in [0.4, 0.5) is 4.39 Å². The molecular weight excluding hydrogens is 205 g/mol. The topological polar surface area (TPSA) is 35.2 Å². The van der Waals surface area contributed by atoms with E-state index in [9.17, 15) is 4.39 Å². The second-order valence-electron chi connectivity index (χ2n) is 4.61. The molecule has 16 heavy (non-hydrogen) atoms. The van der Waals surface area contributed by atoms with Gasteiger partial charge in [0, 0.05) is 7.11 Å². The third kappa shape index (κ3) is 1.74. The highest BCUT2D eigenvalue weighted by atomic mass is 19.1. The molecule has 1 saturated carbocycles. The SMILES string of the molecule is COC1(C(N)c2ccc(F)c(C)c2)CCC1. The normalized spacial score (nSPS) is 20.2. The zero-order valence-electron chi connectivity index (χ0n) is 9.79. The lowest BCUT2D eigenvalue weighted by atomic mass is 9.72. The van der Waals surface area contributed by atoms with Crippen molar-refractivity contribution in [3.8, 4) is 0 Å². The summed E-state index contributed by atoms with van der Waals surface area (Å²) in [6, 6.07) is 4.89. The molecule has 1 aliphatic rings. The van der Waals surface area contributed by atoms with Crippen LogP contribution in [0, 0.1) is 12.7 Å². The lowest BCUT2D eigenvalue weighted by Crippen LogP contribution is -2.48. The molecule has 0 spiro atoms. The fourth-order valence-corrected chi connectivity index (χ4v) is 2.33. The van der Waals surface area contributed by atoms with Gasteiger partial charge in [-0.2, -0.15) is 0 Å². The van der Waals surface area contributed by atoms with E-state index in [4.69, 9.17) is 10.5 Å². The van der Waals surface area contributed by atoms with Gasteiger partial charge in [-0.25, -0.2) is 4.39 Å². The molecule has 1 atom stereocenters. The lowest BCUT2D eigenvalue weighted by Gasteiger charge is -2.45. The van der Waals surface area contributed by atoms with Crippen LogP contribution >= 0.6 is 0 Å². The van der Waals surface area contributed by atoms with Crippen LogP contribution in [-0.2, 0) is 4.74 Å². The summed E-state index contributed by atoms with van der Waals surface area (Å²) in [4.78, 5) is 0. The summed E-state index contributed by atoms with van der Waals surface area (Å²) in [6.45, 7) is 1.76. The molecule has 3 heteroatoms. The Hall–Kier alpha value is -0.930. The number of rotatable bonds is 3. The number of methoxy groups -OCH3 is 1. The maximum absolute atomic E-state index is 13.2. The highest BCUT2D eigenvalue weighted by Gasteiger charge is 2.43. The molecule has 1 aliphatic carbocycles. The number of nitrogens with two attached hydrogens (primary N) is 1. The van der Waals surface area contributed by atoms with Crippen molar-refractivity contribution in [1.82, 2.24) is 0 Å². The van der Waals surface area contributed by atoms with Gasteiger partial charge in [0.05, 0.1) is 11.6 Å². The Balaban J connectivity index is 2.26. The minimum atomic E-state index is -0.232. The van der Waals surface area contributed by atoms with E-state index >= 15 is 0 Å². The van der Waals surface area contributed by atoms with E-state index < -0.39 is 0 Å². The summed E-state index contributed by atoms with van der Waals surface area (Å²) in [6.07, 6.45) is 3.13. The van der Waals surface area contributed by atoms with Crippen molar-refractivity contribution in [1.29, 1.82) is 0 Å². The largest absolute Gasteiger partial charge is 0.376 e. The summed E-state index contributed by atoms with van der Waals surface area (Å²) >= 11 is 0. The number of hydrogen-bond acceptors (Lipinski definition) is 2. The third-order valence-electron chi connectivity index (χ3n) is 3.71. The van der Waals surface area contributed by atoms with Crippen molar-refractivity contribution >= 4 is 0 Å². The predicted molar refractivity (Wildman–Crippen MR) is 61.7 cm³/mol. The second kappa shape index (κ2) is 4.15. The molecular formula is C13H18FNO. The van der Waals surface area contributed by atoms with Crippen molar-refractivity contribution < 1.29 is 9.13 Å². The van der Waals surface area contributed by atoms with Crippen molar-refractivity contribution in [3.05, 3.63) is 35.1 Å². The fraction of sp³-hybridized carbons (Fsp3) is 0.538. The van der Waals surface area contributed by atoms with E-state index in [-0.39, 0.29) is 17.5 Å². The Kier molecular flexibility index (Phi) is 3.00. The summed E-state index contributed by atoms with van der Waals surface area (Å²) < 4.78 is 18.7. The number of aryl methyl sites for hydroxylation is 1. The van der Waals surface area contributed by atoms with E-state index in [2.05, 4.69) is 0 Å². The van der Waals surface area contributed by atoms with Crippen molar-refractivity contribution in [2.24, 2.45) is 5.73 Å². The van der Waals surface area contributed by atoms with Crippen molar-refractivity contribution in [2.75, 3.05) is 7.11 Å². The molecule has 0 saturated heterocycles. The van der Waals surface area contributed by atoms with Gasteiger partial charge in [0.1, 0.15) is 5.82 Å². The van der Waals surface area contributed by atoms with Crippen LogP contribution in [0.15, 0.2) is 18.2 Å². The Morgan fingerprint density at radius 1 is 1.44 bits per heavy atom. The zero-order valence-corrected chi connectivity index (χ0v) is 9.79. The van der Waals surface area contributed by atoms with Gasteiger partial charge < -0.3 is 10.5 Å². The molecule has 0 amide bonds. The molecule has 0 bridgehead atoms. The van der Waals surface area contributed by atoms with Gasteiger partial charge in [0.25, 0.3) is 0 Å². The number of hydrogen-bond donors (Lipinski definition) is 1. The average Bonchev–Trinajstić information content (AvgIpc) is 2.21. The highest BCUT2D eigenvalue weighted by molar-refractivity contribution is 5.29. The van der Waals surface area contributed by atoms with E-state index in [1.807, 2.05) is 6.07 Å². The first kappa shape index (κ1) is 11.6. The molecule has 1 unspecified atom stereocenters. The maximum atomic E-state index is 13.2.